The van der Waals surface area contributed by atoms with E-state index in [0.29, 0.717) is 16.3 Å². The molecule has 0 saturated carbocycles. The Morgan fingerprint density at radius 3 is 2.50 bits per heavy atom. The molecule has 156 valence electrons. The maximum absolute atomic E-state index is 12.4. The van der Waals surface area contributed by atoms with Crippen molar-refractivity contribution in [3.63, 3.8) is 0 Å². The van der Waals surface area contributed by atoms with E-state index in [1.807, 2.05) is 30.3 Å². The van der Waals surface area contributed by atoms with E-state index in [9.17, 15) is 14.4 Å². The highest BCUT2D eigenvalue weighted by Crippen LogP contribution is 2.36. The SMILES string of the molecule is CCOC(=O)c1cc(-c2ccccc2)sc1NC(=O)CCC(=O)NCc1ccco1. The van der Waals surface area contributed by atoms with E-state index in [1.54, 1.807) is 25.1 Å². The van der Waals surface area contributed by atoms with Gasteiger partial charge in [-0.05, 0) is 30.7 Å². The van der Waals surface area contributed by atoms with E-state index in [1.165, 1.54) is 17.6 Å². The van der Waals surface area contributed by atoms with E-state index in [2.05, 4.69) is 10.6 Å². The van der Waals surface area contributed by atoms with Crippen LogP contribution in [0.2, 0.25) is 0 Å². The molecule has 0 spiro atoms. The van der Waals surface area contributed by atoms with Gasteiger partial charge in [0.25, 0.3) is 0 Å². The normalized spacial score (nSPS) is 10.4. The maximum Gasteiger partial charge on any atom is 0.341 e. The molecule has 0 aliphatic heterocycles. The Morgan fingerprint density at radius 1 is 1.03 bits per heavy atom. The summed E-state index contributed by atoms with van der Waals surface area (Å²) in [7, 11) is 0. The molecule has 7 nitrogen and oxygen atoms in total. The zero-order valence-electron chi connectivity index (χ0n) is 16.5. The molecule has 3 aromatic rings. The third kappa shape index (κ3) is 5.81. The van der Waals surface area contributed by atoms with E-state index in [4.69, 9.17) is 9.15 Å². The van der Waals surface area contributed by atoms with Crippen LogP contribution < -0.4 is 10.6 Å². The Labute approximate surface area is 178 Å². The molecule has 0 unspecified atom stereocenters. The van der Waals surface area contributed by atoms with Crippen molar-refractivity contribution in [2.24, 2.45) is 0 Å². The number of carbonyl (C=O) groups is 3. The van der Waals surface area contributed by atoms with Gasteiger partial charge < -0.3 is 19.8 Å². The molecule has 0 fully saturated rings. The van der Waals surface area contributed by atoms with Crippen molar-refractivity contribution in [1.82, 2.24) is 5.32 Å². The summed E-state index contributed by atoms with van der Waals surface area (Å²) in [6.45, 7) is 2.23. The molecule has 2 N–H and O–H groups in total. The lowest BCUT2D eigenvalue weighted by atomic mass is 10.1. The first kappa shape index (κ1) is 21.3. The molecule has 0 aliphatic rings. The Kier molecular flexibility index (Phi) is 7.40. The summed E-state index contributed by atoms with van der Waals surface area (Å²) in [6, 6.07) is 14.8. The number of anilines is 1. The van der Waals surface area contributed by atoms with Crippen LogP contribution in [0.4, 0.5) is 5.00 Å². The number of benzene rings is 1. The van der Waals surface area contributed by atoms with E-state index < -0.39 is 5.97 Å². The molecule has 8 heteroatoms. The first-order valence-electron chi connectivity index (χ1n) is 9.52. The van der Waals surface area contributed by atoms with Crippen LogP contribution in [0.5, 0.6) is 0 Å². The number of furan rings is 1. The highest BCUT2D eigenvalue weighted by Gasteiger charge is 2.20. The topological polar surface area (TPSA) is 97.6 Å². The minimum absolute atomic E-state index is 0.00910. The number of thiophene rings is 1. The summed E-state index contributed by atoms with van der Waals surface area (Å²) in [5, 5.41) is 5.85. The predicted octanol–water partition coefficient (Wildman–Crippen LogP) is 4.22. The average molecular weight is 426 g/mol. The van der Waals surface area contributed by atoms with Crippen molar-refractivity contribution in [3.05, 3.63) is 66.1 Å². The van der Waals surface area contributed by atoms with Gasteiger partial charge in [-0.25, -0.2) is 4.79 Å². The molecular formula is C22H22N2O5S. The van der Waals surface area contributed by atoms with Crippen LogP contribution in [0.3, 0.4) is 0 Å². The zero-order valence-corrected chi connectivity index (χ0v) is 17.3. The fraction of sp³-hybridized carbons (Fsp3) is 0.227. The maximum atomic E-state index is 12.4. The Morgan fingerprint density at radius 2 is 1.80 bits per heavy atom. The molecular weight excluding hydrogens is 404 g/mol. The summed E-state index contributed by atoms with van der Waals surface area (Å²) in [5.74, 6) is -0.472. The van der Waals surface area contributed by atoms with Gasteiger partial charge in [-0.1, -0.05) is 30.3 Å². The summed E-state index contributed by atoms with van der Waals surface area (Å²) < 4.78 is 10.3. The van der Waals surface area contributed by atoms with Crippen molar-refractivity contribution in [2.75, 3.05) is 11.9 Å². The molecule has 0 saturated heterocycles. The fourth-order valence-corrected chi connectivity index (χ4v) is 3.76. The quantitative estimate of drug-likeness (QED) is 0.499. The molecule has 0 aliphatic carbocycles. The van der Waals surface area contributed by atoms with Gasteiger partial charge in [0.1, 0.15) is 10.8 Å². The Balaban J connectivity index is 1.62. The van der Waals surface area contributed by atoms with Crippen LogP contribution >= 0.6 is 11.3 Å². The molecule has 0 radical (unpaired) electrons. The van der Waals surface area contributed by atoms with Crippen molar-refractivity contribution >= 4 is 34.1 Å². The Bertz CT molecular complexity index is 996. The lowest BCUT2D eigenvalue weighted by molar-refractivity contribution is -0.124. The van der Waals surface area contributed by atoms with E-state index in [-0.39, 0.29) is 37.8 Å². The minimum Gasteiger partial charge on any atom is -0.467 e. The monoisotopic (exact) mass is 426 g/mol. The fourth-order valence-electron chi connectivity index (χ4n) is 2.69. The minimum atomic E-state index is -0.498. The molecule has 0 bridgehead atoms. The molecule has 3 rings (SSSR count). The van der Waals surface area contributed by atoms with Crippen molar-refractivity contribution in [3.8, 4) is 10.4 Å². The zero-order chi connectivity index (χ0) is 21.3. The van der Waals surface area contributed by atoms with E-state index >= 15 is 0 Å². The molecule has 30 heavy (non-hydrogen) atoms. The van der Waals surface area contributed by atoms with Gasteiger partial charge in [0.05, 0.1) is 25.0 Å². The third-order valence-electron chi connectivity index (χ3n) is 4.16. The second-order valence-corrected chi connectivity index (χ2v) is 7.40. The van der Waals surface area contributed by atoms with Crippen molar-refractivity contribution in [2.45, 2.75) is 26.3 Å². The average Bonchev–Trinajstić information content (AvgIpc) is 3.42. The van der Waals surface area contributed by atoms with Gasteiger partial charge in [0.15, 0.2) is 0 Å². The lowest BCUT2D eigenvalue weighted by Crippen LogP contribution is -2.24. The van der Waals surface area contributed by atoms with Gasteiger partial charge >= 0.3 is 5.97 Å². The highest BCUT2D eigenvalue weighted by atomic mass is 32.1. The van der Waals surface area contributed by atoms with Crippen LogP contribution in [0.1, 0.15) is 35.9 Å². The van der Waals surface area contributed by atoms with Gasteiger partial charge in [0.2, 0.25) is 11.8 Å². The number of nitrogens with one attached hydrogen (secondary N) is 2. The summed E-state index contributed by atoms with van der Waals surface area (Å²) in [4.78, 5) is 37.5. The predicted molar refractivity (Wildman–Crippen MR) is 114 cm³/mol. The second-order valence-electron chi connectivity index (χ2n) is 6.34. The van der Waals surface area contributed by atoms with Crippen LogP contribution in [-0.2, 0) is 20.9 Å². The number of hydrogen-bond acceptors (Lipinski definition) is 6. The number of rotatable bonds is 9. The summed E-state index contributed by atoms with van der Waals surface area (Å²) in [5.41, 5.74) is 1.24. The van der Waals surface area contributed by atoms with Crippen molar-refractivity contribution < 1.29 is 23.5 Å². The largest absolute Gasteiger partial charge is 0.467 e. The molecule has 2 aromatic heterocycles. The first-order valence-corrected chi connectivity index (χ1v) is 10.3. The van der Waals surface area contributed by atoms with Crippen LogP contribution in [0, 0.1) is 0 Å². The third-order valence-corrected chi connectivity index (χ3v) is 5.26. The number of esters is 1. The van der Waals surface area contributed by atoms with Gasteiger partial charge in [0, 0.05) is 17.7 Å². The van der Waals surface area contributed by atoms with Gasteiger partial charge in [-0.15, -0.1) is 11.3 Å². The van der Waals surface area contributed by atoms with Crippen LogP contribution in [-0.4, -0.2) is 24.4 Å². The van der Waals surface area contributed by atoms with Crippen molar-refractivity contribution in [1.29, 1.82) is 0 Å². The number of carbonyl (C=O) groups excluding carboxylic acids is 3. The summed E-state index contributed by atoms with van der Waals surface area (Å²) in [6.07, 6.45) is 1.55. The van der Waals surface area contributed by atoms with E-state index in [0.717, 1.165) is 10.4 Å². The standard InChI is InChI=1S/C22H22N2O5S/c1-2-28-22(27)17-13-18(15-7-4-3-5-8-15)30-21(17)24-20(26)11-10-19(25)23-14-16-9-6-12-29-16/h3-9,12-13H,2,10-11,14H2,1H3,(H,23,25)(H,24,26). The molecule has 2 amide bonds. The summed E-state index contributed by atoms with van der Waals surface area (Å²) >= 11 is 1.29. The number of amides is 2. The van der Waals surface area contributed by atoms with Gasteiger partial charge in [-0.2, -0.15) is 0 Å². The van der Waals surface area contributed by atoms with Gasteiger partial charge in [-0.3, -0.25) is 9.59 Å². The van der Waals surface area contributed by atoms with Crippen LogP contribution in [0.15, 0.2) is 59.2 Å². The highest BCUT2D eigenvalue weighted by molar-refractivity contribution is 7.20. The molecule has 0 atom stereocenters. The molecule has 2 heterocycles. The molecule has 1 aromatic carbocycles. The smallest absolute Gasteiger partial charge is 0.341 e. The Hall–Kier alpha value is -3.39. The van der Waals surface area contributed by atoms with Crippen LogP contribution in [0.25, 0.3) is 10.4 Å². The first-order chi connectivity index (χ1) is 14.6. The second kappa shape index (κ2) is 10.4. The number of hydrogen-bond donors (Lipinski definition) is 2. The number of ether oxygens (including phenoxy) is 1. The lowest BCUT2D eigenvalue weighted by Gasteiger charge is -2.06.